The van der Waals surface area contributed by atoms with Gasteiger partial charge in [-0.15, -0.1) is 0 Å². The number of fused-ring (bicyclic) bond motifs is 10. The van der Waals surface area contributed by atoms with Crippen LogP contribution in [0.5, 0.6) is 0 Å². The van der Waals surface area contributed by atoms with Gasteiger partial charge in [0.1, 0.15) is 0 Å². The zero-order valence-electron chi connectivity index (χ0n) is 28.3. The lowest BCUT2D eigenvalue weighted by atomic mass is 9.70. The van der Waals surface area contributed by atoms with Crippen LogP contribution in [0.1, 0.15) is 33.6 Å². The summed E-state index contributed by atoms with van der Waals surface area (Å²) in [5.74, 6) is 0. The monoisotopic (exact) mass is 652 g/mol. The number of hydrogen-bond donors (Lipinski definition) is 0. The van der Waals surface area contributed by atoms with Gasteiger partial charge in [-0.2, -0.15) is 0 Å². The van der Waals surface area contributed by atoms with Crippen molar-refractivity contribution >= 4 is 0 Å². The van der Waals surface area contributed by atoms with Crippen molar-refractivity contribution < 1.29 is 0 Å². The quantitative estimate of drug-likeness (QED) is 0.190. The summed E-state index contributed by atoms with van der Waals surface area (Å²) in [6.45, 7) is 4.00. The SMILES string of the molecule is Cc1ccc(-c2ccc(-c3ccc4c(c3)C3(c5ccccc5-c5ccccc53)c3cc(-c5ccc(-c6ccc(C)nc6)nc5)ccc3-4)cn2)cn1. The molecule has 51 heavy (non-hydrogen) atoms. The lowest BCUT2D eigenvalue weighted by Gasteiger charge is -2.31. The van der Waals surface area contributed by atoms with Gasteiger partial charge in [0.05, 0.1) is 16.8 Å². The van der Waals surface area contributed by atoms with Crippen LogP contribution in [-0.2, 0) is 5.41 Å². The predicted molar refractivity (Wildman–Crippen MR) is 205 cm³/mol. The van der Waals surface area contributed by atoms with Crippen molar-refractivity contribution in [2.75, 3.05) is 0 Å². The summed E-state index contributed by atoms with van der Waals surface area (Å²) >= 11 is 0. The van der Waals surface area contributed by atoms with Gasteiger partial charge < -0.3 is 0 Å². The minimum absolute atomic E-state index is 0.467. The van der Waals surface area contributed by atoms with Crippen molar-refractivity contribution in [3.05, 3.63) is 192 Å². The van der Waals surface area contributed by atoms with Crippen molar-refractivity contribution in [3.63, 3.8) is 0 Å². The third kappa shape index (κ3) is 4.46. The molecule has 0 atom stereocenters. The van der Waals surface area contributed by atoms with Crippen molar-refractivity contribution in [2.45, 2.75) is 19.3 Å². The van der Waals surface area contributed by atoms with Gasteiger partial charge in [0, 0.05) is 58.4 Å². The van der Waals surface area contributed by atoms with E-state index in [1.165, 1.54) is 44.5 Å². The molecule has 4 heterocycles. The Balaban J connectivity index is 1.14. The molecule has 4 aromatic heterocycles. The van der Waals surface area contributed by atoms with Crippen LogP contribution in [0, 0.1) is 13.8 Å². The first kappa shape index (κ1) is 29.4. The van der Waals surface area contributed by atoms with Gasteiger partial charge in [-0.25, -0.2) is 0 Å². The molecule has 1 spiro atoms. The lowest BCUT2D eigenvalue weighted by Crippen LogP contribution is -2.26. The maximum atomic E-state index is 4.87. The van der Waals surface area contributed by atoms with E-state index in [4.69, 9.17) is 9.97 Å². The van der Waals surface area contributed by atoms with Crippen molar-refractivity contribution in [1.82, 2.24) is 19.9 Å². The van der Waals surface area contributed by atoms with Crippen LogP contribution in [-0.4, -0.2) is 19.9 Å². The first-order valence-corrected chi connectivity index (χ1v) is 17.4. The molecule has 0 radical (unpaired) electrons. The molecule has 240 valence electrons. The molecule has 4 aromatic carbocycles. The summed E-state index contributed by atoms with van der Waals surface area (Å²) in [5.41, 5.74) is 20.2. The van der Waals surface area contributed by atoms with E-state index in [9.17, 15) is 0 Å². The highest BCUT2D eigenvalue weighted by Crippen LogP contribution is 2.63. The van der Waals surface area contributed by atoms with Gasteiger partial charge >= 0.3 is 0 Å². The number of nitrogens with zero attached hydrogens (tertiary/aromatic N) is 4. The molecular formula is C47H32N4. The van der Waals surface area contributed by atoms with Crippen molar-refractivity contribution in [2.24, 2.45) is 0 Å². The molecule has 4 heteroatoms. The summed E-state index contributed by atoms with van der Waals surface area (Å²) in [4.78, 5) is 18.7. The second kappa shape index (κ2) is 11.3. The van der Waals surface area contributed by atoms with Crippen molar-refractivity contribution in [3.8, 4) is 67.0 Å². The molecule has 0 N–H and O–H groups in total. The van der Waals surface area contributed by atoms with Crippen molar-refractivity contribution in [1.29, 1.82) is 0 Å². The average molecular weight is 653 g/mol. The molecule has 0 saturated heterocycles. The Kier molecular flexibility index (Phi) is 6.49. The van der Waals surface area contributed by atoms with Crippen LogP contribution in [0.25, 0.3) is 67.0 Å². The normalized spacial score (nSPS) is 13.1. The average Bonchev–Trinajstić information content (AvgIpc) is 3.65. The van der Waals surface area contributed by atoms with Gasteiger partial charge in [-0.05, 0) is 118 Å². The second-order valence-electron chi connectivity index (χ2n) is 13.6. The highest BCUT2D eigenvalue weighted by atomic mass is 14.7. The fraction of sp³-hybridized carbons (Fsp3) is 0.0638. The second-order valence-corrected chi connectivity index (χ2v) is 13.6. The van der Waals surface area contributed by atoms with E-state index >= 15 is 0 Å². The molecule has 2 aliphatic carbocycles. The molecule has 2 aliphatic rings. The van der Waals surface area contributed by atoms with E-state index < -0.39 is 5.41 Å². The van der Waals surface area contributed by atoms with E-state index in [-0.39, 0.29) is 0 Å². The number of benzene rings is 4. The van der Waals surface area contributed by atoms with E-state index in [1.54, 1.807) is 0 Å². The Hall–Kier alpha value is -6.52. The fourth-order valence-electron chi connectivity index (χ4n) is 8.21. The van der Waals surface area contributed by atoms with E-state index in [0.717, 1.165) is 56.2 Å². The summed E-state index contributed by atoms with van der Waals surface area (Å²) < 4.78 is 0. The first-order chi connectivity index (χ1) is 25.1. The molecule has 0 amide bonds. The molecule has 0 bridgehead atoms. The Morgan fingerprint density at radius 1 is 0.333 bits per heavy atom. The molecule has 0 fully saturated rings. The smallest absolute Gasteiger partial charge is 0.0725 e. The standard InChI is InChI=1S/C47H32N4/c1-29-11-13-35(27-48-29)45-21-17-33(25-50-45)31-15-19-39-40-20-16-32(34-18-22-46(51-26-34)36-14-12-30(2)49-28-36)24-44(40)47(43(39)23-31)41-9-5-3-7-37(41)38-8-4-6-10-42(38)47/h3-28H,1-2H3. The van der Waals surface area contributed by atoms with Gasteiger partial charge in [0.25, 0.3) is 0 Å². The highest BCUT2D eigenvalue weighted by Gasteiger charge is 2.51. The van der Waals surface area contributed by atoms with Crippen LogP contribution in [0.2, 0.25) is 0 Å². The minimum atomic E-state index is -0.467. The van der Waals surface area contributed by atoms with Crippen LogP contribution in [0.15, 0.2) is 158 Å². The molecule has 8 aromatic rings. The molecule has 10 rings (SSSR count). The zero-order valence-corrected chi connectivity index (χ0v) is 28.3. The third-order valence-corrected chi connectivity index (χ3v) is 10.7. The van der Waals surface area contributed by atoms with Crippen LogP contribution in [0.3, 0.4) is 0 Å². The lowest BCUT2D eigenvalue weighted by molar-refractivity contribution is 0.794. The number of aryl methyl sites for hydroxylation is 2. The predicted octanol–water partition coefficient (Wildman–Crippen LogP) is 10.9. The van der Waals surface area contributed by atoms with Crippen LogP contribution in [0.4, 0.5) is 0 Å². The molecular weight excluding hydrogens is 621 g/mol. The first-order valence-electron chi connectivity index (χ1n) is 17.4. The summed E-state index contributed by atoms with van der Waals surface area (Å²) in [6.07, 6.45) is 7.76. The zero-order chi connectivity index (χ0) is 34.1. The number of aromatic nitrogens is 4. The van der Waals surface area contributed by atoms with Gasteiger partial charge in [-0.1, -0.05) is 84.9 Å². The van der Waals surface area contributed by atoms with Gasteiger partial charge in [0.15, 0.2) is 0 Å². The Morgan fingerprint density at radius 2 is 0.725 bits per heavy atom. The van der Waals surface area contributed by atoms with E-state index in [0.29, 0.717) is 0 Å². The summed E-state index contributed by atoms with van der Waals surface area (Å²) in [7, 11) is 0. The third-order valence-electron chi connectivity index (χ3n) is 10.7. The Labute approximate surface area is 297 Å². The van der Waals surface area contributed by atoms with Gasteiger partial charge in [-0.3, -0.25) is 19.9 Å². The maximum absolute atomic E-state index is 4.87. The minimum Gasteiger partial charge on any atom is -0.261 e. The van der Waals surface area contributed by atoms with Crippen LogP contribution < -0.4 is 0 Å². The fourth-order valence-corrected chi connectivity index (χ4v) is 8.21. The largest absolute Gasteiger partial charge is 0.261 e. The van der Waals surface area contributed by atoms with E-state index in [1.807, 2.05) is 50.8 Å². The summed E-state index contributed by atoms with van der Waals surface area (Å²) in [5, 5.41) is 0. The molecule has 0 saturated carbocycles. The highest BCUT2D eigenvalue weighted by molar-refractivity contribution is 5.96. The molecule has 0 unspecified atom stereocenters. The molecule has 4 nitrogen and oxygen atoms in total. The Bertz CT molecular complexity index is 2440. The summed E-state index contributed by atoms with van der Waals surface area (Å²) in [6, 6.07) is 48.6. The van der Waals surface area contributed by atoms with E-state index in [2.05, 4.69) is 131 Å². The maximum Gasteiger partial charge on any atom is 0.0725 e. The van der Waals surface area contributed by atoms with Gasteiger partial charge in [0.2, 0.25) is 0 Å². The number of pyridine rings is 4. The Morgan fingerprint density at radius 3 is 1.14 bits per heavy atom. The van der Waals surface area contributed by atoms with Crippen LogP contribution >= 0.6 is 0 Å². The topological polar surface area (TPSA) is 51.6 Å². The molecule has 0 aliphatic heterocycles. The number of rotatable bonds is 4. The number of hydrogen-bond acceptors (Lipinski definition) is 4.